The lowest BCUT2D eigenvalue weighted by Crippen LogP contribution is -2.16. The molecule has 0 saturated carbocycles. The lowest BCUT2D eigenvalue weighted by Gasteiger charge is -2.27. The van der Waals surface area contributed by atoms with Gasteiger partial charge in [-0.15, -0.1) is 0 Å². The SMILES string of the molecule is CO[C@@H](c1ccccc1Br)[C@@H](OC)c1ccccc1Br. The summed E-state index contributed by atoms with van der Waals surface area (Å²) in [4.78, 5) is 0. The van der Waals surface area contributed by atoms with Gasteiger partial charge in [-0.05, 0) is 23.3 Å². The monoisotopic (exact) mass is 398 g/mol. The Morgan fingerprint density at radius 1 is 0.700 bits per heavy atom. The van der Waals surface area contributed by atoms with E-state index in [1.54, 1.807) is 14.2 Å². The standard InChI is InChI=1S/C16H16Br2O2/c1-19-15(11-7-3-5-9-13(11)17)16(20-2)12-8-4-6-10-14(12)18/h3-10,15-16H,1-2H3/t15-,16-/m0/s1. The molecule has 20 heavy (non-hydrogen) atoms. The zero-order chi connectivity index (χ0) is 14.5. The molecule has 2 atom stereocenters. The minimum absolute atomic E-state index is 0.186. The van der Waals surface area contributed by atoms with E-state index in [2.05, 4.69) is 31.9 Å². The van der Waals surface area contributed by atoms with Crippen LogP contribution in [0.15, 0.2) is 57.5 Å². The molecule has 2 aromatic rings. The number of hydrogen-bond donors (Lipinski definition) is 0. The Kier molecular flexibility index (Phi) is 5.78. The van der Waals surface area contributed by atoms with E-state index in [1.165, 1.54) is 0 Å². The number of halogens is 2. The maximum absolute atomic E-state index is 5.70. The van der Waals surface area contributed by atoms with Gasteiger partial charge in [0.25, 0.3) is 0 Å². The predicted octanol–water partition coefficient (Wildman–Crippen LogP) is 5.29. The van der Waals surface area contributed by atoms with Crippen molar-refractivity contribution in [2.24, 2.45) is 0 Å². The van der Waals surface area contributed by atoms with Crippen LogP contribution in [0, 0.1) is 0 Å². The van der Waals surface area contributed by atoms with Crippen LogP contribution >= 0.6 is 31.9 Å². The first kappa shape index (κ1) is 15.7. The average Bonchev–Trinajstić information content (AvgIpc) is 2.47. The van der Waals surface area contributed by atoms with Gasteiger partial charge in [0.05, 0.1) is 0 Å². The van der Waals surface area contributed by atoms with E-state index in [0.29, 0.717) is 0 Å². The molecule has 0 aliphatic heterocycles. The van der Waals surface area contributed by atoms with Crippen LogP contribution in [-0.4, -0.2) is 14.2 Å². The number of methoxy groups -OCH3 is 2. The molecule has 0 aliphatic rings. The highest BCUT2D eigenvalue weighted by atomic mass is 79.9. The first-order valence-electron chi connectivity index (χ1n) is 6.23. The van der Waals surface area contributed by atoms with Crippen LogP contribution in [0.25, 0.3) is 0 Å². The summed E-state index contributed by atoms with van der Waals surface area (Å²) in [6, 6.07) is 16.1. The van der Waals surface area contributed by atoms with E-state index < -0.39 is 0 Å². The summed E-state index contributed by atoms with van der Waals surface area (Å²) in [5.74, 6) is 0. The molecule has 0 radical (unpaired) electrons. The molecule has 0 aliphatic carbocycles. The fourth-order valence-corrected chi connectivity index (χ4v) is 3.26. The molecule has 0 heterocycles. The number of benzene rings is 2. The molecular formula is C16H16Br2O2. The molecule has 2 nitrogen and oxygen atoms in total. The van der Waals surface area contributed by atoms with Crippen molar-refractivity contribution in [3.8, 4) is 0 Å². The molecule has 2 aromatic carbocycles. The summed E-state index contributed by atoms with van der Waals surface area (Å²) in [5.41, 5.74) is 2.13. The smallest absolute Gasteiger partial charge is 0.114 e. The fraction of sp³-hybridized carbons (Fsp3) is 0.250. The third-order valence-corrected chi connectivity index (χ3v) is 4.65. The summed E-state index contributed by atoms with van der Waals surface area (Å²) in [6.07, 6.45) is -0.372. The number of rotatable bonds is 5. The summed E-state index contributed by atoms with van der Waals surface area (Å²) < 4.78 is 13.4. The van der Waals surface area contributed by atoms with Gasteiger partial charge in [0.15, 0.2) is 0 Å². The zero-order valence-electron chi connectivity index (χ0n) is 11.3. The van der Waals surface area contributed by atoms with Crippen LogP contribution in [-0.2, 0) is 9.47 Å². The third-order valence-electron chi connectivity index (χ3n) is 3.21. The Bertz CT molecular complexity index is 520. The maximum Gasteiger partial charge on any atom is 0.114 e. The highest BCUT2D eigenvalue weighted by Gasteiger charge is 2.27. The van der Waals surface area contributed by atoms with E-state index >= 15 is 0 Å². The van der Waals surface area contributed by atoms with Crippen molar-refractivity contribution in [1.29, 1.82) is 0 Å². The quantitative estimate of drug-likeness (QED) is 0.680. The molecule has 0 N–H and O–H groups in total. The zero-order valence-corrected chi connectivity index (χ0v) is 14.5. The fourth-order valence-electron chi connectivity index (χ4n) is 2.24. The Morgan fingerprint density at radius 2 is 1.05 bits per heavy atom. The maximum atomic E-state index is 5.70. The van der Waals surface area contributed by atoms with Gasteiger partial charge in [-0.1, -0.05) is 68.3 Å². The van der Waals surface area contributed by atoms with Crippen LogP contribution in [0.4, 0.5) is 0 Å². The van der Waals surface area contributed by atoms with Gasteiger partial charge in [-0.25, -0.2) is 0 Å². The van der Waals surface area contributed by atoms with Crippen LogP contribution < -0.4 is 0 Å². The number of hydrogen-bond acceptors (Lipinski definition) is 2. The molecule has 0 fully saturated rings. The highest BCUT2D eigenvalue weighted by Crippen LogP contribution is 2.39. The molecule has 0 saturated heterocycles. The van der Waals surface area contributed by atoms with Gasteiger partial charge in [-0.2, -0.15) is 0 Å². The molecule has 0 amide bonds. The third kappa shape index (κ3) is 3.31. The van der Waals surface area contributed by atoms with E-state index in [4.69, 9.17) is 9.47 Å². The van der Waals surface area contributed by atoms with Gasteiger partial charge in [0.2, 0.25) is 0 Å². The molecule has 0 aromatic heterocycles. The summed E-state index contributed by atoms with van der Waals surface area (Å²) >= 11 is 7.16. The first-order chi connectivity index (χ1) is 9.69. The van der Waals surface area contributed by atoms with Gasteiger partial charge in [-0.3, -0.25) is 0 Å². The Morgan fingerprint density at radius 3 is 1.35 bits per heavy atom. The van der Waals surface area contributed by atoms with Crippen molar-refractivity contribution in [2.75, 3.05) is 14.2 Å². The molecule has 0 bridgehead atoms. The lowest BCUT2D eigenvalue weighted by atomic mass is 9.98. The number of ether oxygens (including phenoxy) is 2. The average molecular weight is 400 g/mol. The second-order valence-electron chi connectivity index (χ2n) is 4.36. The Labute approximate surface area is 136 Å². The van der Waals surface area contributed by atoms with Crippen LogP contribution in [0.2, 0.25) is 0 Å². The summed E-state index contributed by atoms with van der Waals surface area (Å²) in [5, 5.41) is 0. The normalized spacial score (nSPS) is 14.0. The first-order valence-corrected chi connectivity index (χ1v) is 7.82. The summed E-state index contributed by atoms with van der Waals surface area (Å²) in [6.45, 7) is 0. The molecule has 106 valence electrons. The van der Waals surface area contributed by atoms with E-state index in [1.807, 2.05) is 48.5 Å². The van der Waals surface area contributed by atoms with Crippen molar-refractivity contribution in [3.05, 3.63) is 68.6 Å². The minimum atomic E-state index is -0.186. The van der Waals surface area contributed by atoms with Gasteiger partial charge < -0.3 is 9.47 Å². The van der Waals surface area contributed by atoms with Gasteiger partial charge in [0, 0.05) is 23.2 Å². The van der Waals surface area contributed by atoms with E-state index in [9.17, 15) is 0 Å². The predicted molar refractivity (Wildman–Crippen MR) is 87.8 cm³/mol. The Balaban J connectivity index is 2.44. The second kappa shape index (κ2) is 7.36. The molecule has 4 heteroatoms. The highest BCUT2D eigenvalue weighted by molar-refractivity contribution is 9.10. The van der Waals surface area contributed by atoms with E-state index in [0.717, 1.165) is 20.1 Å². The lowest BCUT2D eigenvalue weighted by molar-refractivity contribution is -0.0404. The van der Waals surface area contributed by atoms with Crippen LogP contribution in [0.1, 0.15) is 23.3 Å². The Hall–Kier alpha value is -0.680. The molecule has 2 rings (SSSR count). The van der Waals surface area contributed by atoms with Gasteiger partial charge in [0.1, 0.15) is 12.2 Å². The van der Waals surface area contributed by atoms with E-state index in [-0.39, 0.29) is 12.2 Å². The van der Waals surface area contributed by atoms with Crippen molar-refractivity contribution >= 4 is 31.9 Å². The van der Waals surface area contributed by atoms with Crippen LogP contribution in [0.5, 0.6) is 0 Å². The molecule has 0 unspecified atom stereocenters. The minimum Gasteiger partial charge on any atom is -0.374 e. The van der Waals surface area contributed by atoms with Gasteiger partial charge >= 0.3 is 0 Å². The molecular weight excluding hydrogens is 384 g/mol. The van der Waals surface area contributed by atoms with Crippen molar-refractivity contribution in [1.82, 2.24) is 0 Å². The largest absolute Gasteiger partial charge is 0.374 e. The second-order valence-corrected chi connectivity index (χ2v) is 6.06. The van der Waals surface area contributed by atoms with Crippen molar-refractivity contribution < 1.29 is 9.47 Å². The topological polar surface area (TPSA) is 18.5 Å². The van der Waals surface area contributed by atoms with Crippen LogP contribution in [0.3, 0.4) is 0 Å². The molecule has 0 spiro atoms. The summed E-state index contributed by atoms with van der Waals surface area (Å²) in [7, 11) is 3.40. The van der Waals surface area contributed by atoms with Crippen molar-refractivity contribution in [2.45, 2.75) is 12.2 Å². The van der Waals surface area contributed by atoms with Crippen molar-refractivity contribution in [3.63, 3.8) is 0 Å².